The SMILES string of the molecule is C[C@H]1CN(S(=O)(=O)NCCN2CCNCC2)[C@@H](C)CO1. The molecule has 0 aromatic heterocycles. The molecule has 2 aliphatic rings. The molecule has 2 fully saturated rings. The molecule has 0 saturated carbocycles. The van der Waals surface area contributed by atoms with Crippen LogP contribution in [0.15, 0.2) is 0 Å². The second-order valence-electron chi connectivity index (χ2n) is 5.55. The lowest BCUT2D eigenvalue weighted by atomic mass is 10.2. The molecule has 118 valence electrons. The monoisotopic (exact) mass is 306 g/mol. The lowest BCUT2D eigenvalue weighted by molar-refractivity contribution is -0.0175. The lowest BCUT2D eigenvalue weighted by Gasteiger charge is -2.35. The summed E-state index contributed by atoms with van der Waals surface area (Å²) in [5.74, 6) is 0. The number of piperazine rings is 1. The highest BCUT2D eigenvalue weighted by atomic mass is 32.2. The molecular weight excluding hydrogens is 280 g/mol. The Labute approximate surface area is 121 Å². The maximum absolute atomic E-state index is 12.3. The molecule has 0 spiro atoms. The summed E-state index contributed by atoms with van der Waals surface area (Å²) in [5, 5.41) is 3.28. The Morgan fingerprint density at radius 1 is 1.30 bits per heavy atom. The maximum atomic E-state index is 12.3. The van der Waals surface area contributed by atoms with Gasteiger partial charge in [0.05, 0.1) is 12.7 Å². The average Bonchev–Trinajstić information content (AvgIpc) is 2.42. The molecule has 0 unspecified atom stereocenters. The predicted octanol–water partition coefficient (Wildman–Crippen LogP) is -1.16. The van der Waals surface area contributed by atoms with Crippen LogP contribution >= 0.6 is 0 Å². The van der Waals surface area contributed by atoms with E-state index in [-0.39, 0.29) is 12.1 Å². The number of hydrogen-bond donors (Lipinski definition) is 2. The Morgan fingerprint density at radius 3 is 2.70 bits per heavy atom. The van der Waals surface area contributed by atoms with Gasteiger partial charge in [0, 0.05) is 51.9 Å². The van der Waals surface area contributed by atoms with Crippen molar-refractivity contribution in [1.82, 2.24) is 19.2 Å². The minimum atomic E-state index is -3.41. The molecule has 8 heteroatoms. The van der Waals surface area contributed by atoms with Gasteiger partial charge in [-0.2, -0.15) is 12.7 Å². The van der Waals surface area contributed by atoms with Crippen molar-refractivity contribution in [2.75, 3.05) is 52.4 Å². The third-order valence-corrected chi connectivity index (χ3v) is 5.48. The van der Waals surface area contributed by atoms with E-state index in [1.165, 1.54) is 4.31 Å². The number of hydrogen-bond acceptors (Lipinski definition) is 5. The van der Waals surface area contributed by atoms with Gasteiger partial charge < -0.3 is 10.1 Å². The van der Waals surface area contributed by atoms with E-state index in [2.05, 4.69) is 14.9 Å². The molecule has 7 nitrogen and oxygen atoms in total. The molecule has 2 rings (SSSR count). The Kier molecular flexibility index (Phi) is 5.76. The Hall–Kier alpha value is -0.250. The van der Waals surface area contributed by atoms with Gasteiger partial charge in [0.15, 0.2) is 0 Å². The molecular formula is C12H26N4O3S. The summed E-state index contributed by atoms with van der Waals surface area (Å²) in [6, 6.07) is -0.108. The van der Waals surface area contributed by atoms with E-state index in [0.717, 1.165) is 32.7 Å². The molecule has 0 bridgehead atoms. The van der Waals surface area contributed by atoms with Crippen molar-refractivity contribution in [3.8, 4) is 0 Å². The zero-order chi connectivity index (χ0) is 14.6. The van der Waals surface area contributed by atoms with Crippen molar-refractivity contribution in [3.05, 3.63) is 0 Å². The highest BCUT2D eigenvalue weighted by Crippen LogP contribution is 2.14. The van der Waals surface area contributed by atoms with Crippen molar-refractivity contribution in [2.45, 2.75) is 26.0 Å². The van der Waals surface area contributed by atoms with Gasteiger partial charge in [0.2, 0.25) is 0 Å². The van der Waals surface area contributed by atoms with Crippen LogP contribution in [0.3, 0.4) is 0 Å². The third-order valence-electron chi connectivity index (χ3n) is 3.78. The van der Waals surface area contributed by atoms with Crippen molar-refractivity contribution in [1.29, 1.82) is 0 Å². The normalized spacial score (nSPS) is 30.5. The van der Waals surface area contributed by atoms with Gasteiger partial charge >= 0.3 is 0 Å². The summed E-state index contributed by atoms with van der Waals surface area (Å²) in [7, 11) is -3.41. The largest absolute Gasteiger partial charge is 0.375 e. The number of rotatable bonds is 5. The van der Waals surface area contributed by atoms with Crippen LogP contribution in [0.2, 0.25) is 0 Å². The van der Waals surface area contributed by atoms with Crippen molar-refractivity contribution < 1.29 is 13.2 Å². The van der Waals surface area contributed by atoms with Gasteiger partial charge in [-0.05, 0) is 13.8 Å². The Bertz CT molecular complexity index is 398. The predicted molar refractivity (Wildman–Crippen MR) is 77.8 cm³/mol. The molecule has 0 aromatic carbocycles. The van der Waals surface area contributed by atoms with Crippen LogP contribution in [0.1, 0.15) is 13.8 Å². The summed E-state index contributed by atoms with van der Waals surface area (Å²) < 4.78 is 34.3. The van der Waals surface area contributed by atoms with Gasteiger partial charge in [0.1, 0.15) is 0 Å². The van der Waals surface area contributed by atoms with Crippen LogP contribution in [0.25, 0.3) is 0 Å². The van der Waals surface area contributed by atoms with Gasteiger partial charge in [-0.15, -0.1) is 0 Å². The third kappa shape index (κ3) is 4.37. The van der Waals surface area contributed by atoms with E-state index in [1.54, 1.807) is 0 Å². The number of nitrogens with zero attached hydrogens (tertiary/aromatic N) is 2. The summed E-state index contributed by atoms with van der Waals surface area (Å²) in [6.07, 6.45) is -0.0454. The Balaban J connectivity index is 1.80. The van der Waals surface area contributed by atoms with Crippen LogP contribution < -0.4 is 10.0 Å². The fourth-order valence-electron chi connectivity index (χ4n) is 2.56. The van der Waals surface area contributed by atoms with Crippen molar-refractivity contribution >= 4 is 10.2 Å². The van der Waals surface area contributed by atoms with Crippen LogP contribution in [0.4, 0.5) is 0 Å². The van der Waals surface area contributed by atoms with Crippen LogP contribution in [0, 0.1) is 0 Å². The molecule has 2 saturated heterocycles. The van der Waals surface area contributed by atoms with Gasteiger partial charge in [0.25, 0.3) is 10.2 Å². The average molecular weight is 306 g/mol. The van der Waals surface area contributed by atoms with E-state index in [1.807, 2.05) is 13.8 Å². The number of nitrogens with one attached hydrogen (secondary N) is 2. The Morgan fingerprint density at radius 2 is 2.00 bits per heavy atom. The number of morpholine rings is 1. The van der Waals surface area contributed by atoms with E-state index in [0.29, 0.717) is 19.7 Å². The summed E-state index contributed by atoms with van der Waals surface area (Å²) in [6.45, 7) is 9.78. The molecule has 2 N–H and O–H groups in total. The summed E-state index contributed by atoms with van der Waals surface area (Å²) in [4.78, 5) is 2.27. The quantitative estimate of drug-likeness (QED) is 0.670. The molecule has 0 aliphatic carbocycles. The van der Waals surface area contributed by atoms with Crippen LogP contribution in [-0.4, -0.2) is 82.2 Å². The molecule has 0 aromatic rings. The molecule has 0 amide bonds. The first-order chi connectivity index (χ1) is 9.49. The highest BCUT2D eigenvalue weighted by molar-refractivity contribution is 7.87. The second kappa shape index (κ2) is 7.15. The van der Waals surface area contributed by atoms with Gasteiger partial charge in [-0.1, -0.05) is 0 Å². The van der Waals surface area contributed by atoms with Crippen LogP contribution in [0.5, 0.6) is 0 Å². The summed E-state index contributed by atoms with van der Waals surface area (Å²) in [5.41, 5.74) is 0. The fraction of sp³-hybridized carbons (Fsp3) is 1.00. The van der Waals surface area contributed by atoms with Crippen molar-refractivity contribution in [2.24, 2.45) is 0 Å². The van der Waals surface area contributed by atoms with E-state index < -0.39 is 10.2 Å². The molecule has 0 radical (unpaired) electrons. The second-order valence-corrected chi connectivity index (χ2v) is 7.26. The fourth-order valence-corrected chi connectivity index (χ4v) is 4.01. The van der Waals surface area contributed by atoms with E-state index >= 15 is 0 Å². The first-order valence-corrected chi connectivity index (χ1v) is 8.74. The highest BCUT2D eigenvalue weighted by Gasteiger charge is 2.32. The zero-order valence-electron chi connectivity index (χ0n) is 12.3. The minimum absolute atomic E-state index is 0.0454. The van der Waals surface area contributed by atoms with Gasteiger partial charge in [-0.3, -0.25) is 4.90 Å². The van der Waals surface area contributed by atoms with E-state index in [4.69, 9.17) is 4.74 Å². The molecule has 2 aliphatic heterocycles. The smallest absolute Gasteiger partial charge is 0.279 e. The van der Waals surface area contributed by atoms with Crippen molar-refractivity contribution in [3.63, 3.8) is 0 Å². The molecule has 2 atom stereocenters. The minimum Gasteiger partial charge on any atom is -0.375 e. The standard InChI is InChI=1S/C12H26N4O3S/c1-11-10-19-12(2)9-16(11)20(17,18)14-5-8-15-6-3-13-4-7-15/h11-14H,3-10H2,1-2H3/t11-,12-/m0/s1. The van der Waals surface area contributed by atoms with Gasteiger partial charge in [-0.25, -0.2) is 4.72 Å². The maximum Gasteiger partial charge on any atom is 0.279 e. The zero-order valence-corrected chi connectivity index (χ0v) is 13.2. The lowest BCUT2D eigenvalue weighted by Crippen LogP contribution is -2.55. The van der Waals surface area contributed by atoms with Crippen LogP contribution in [-0.2, 0) is 14.9 Å². The summed E-state index contributed by atoms with van der Waals surface area (Å²) >= 11 is 0. The topological polar surface area (TPSA) is 73.9 Å². The first-order valence-electron chi connectivity index (χ1n) is 7.30. The van der Waals surface area contributed by atoms with E-state index in [9.17, 15) is 8.42 Å². The molecule has 20 heavy (non-hydrogen) atoms. The molecule has 2 heterocycles. The first kappa shape index (κ1) is 16.1. The number of ether oxygens (including phenoxy) is 1.